The van der Waals surface area contributed by atoms with Crippen molar-refractivity contribution in [3.05, 3.63) is 30.0 Å². The molecule has 2 aromatic rings. The number of fused-ring (bicyclic) bond motifs is 1. The number of benzene rings is 1. The Labute approximate surface area is 142 Å². The SMILES string of the molecule is Cc1cc(N)c2c(OC[C@@H]3CCCN3C(=O)C(C)C)cccc2n1. The lowest BCUT2D eigenvalue weighted by atomic mass is 10.1. The van der Waals surface area contributed by atoms with Gasteiger partial charge in [-0.15, -0.1) is 0 Å². The van der Waals surface area contributed by atoms with Crippen LogP contribution in [0.4, 0.5) is 5.69 Å². The predicted octanol–water partition coefficient (Wildman–Crippen LogP) is 3.15. The molecule has 1 aliphatic heterocycles. The highest BCUT2D eigenvalue weighted by Crippen LogP contribution is 2.31. The molecule has 2 heterocycles. The van der Waals surface area contributed by atoms with Gasteiger partial charge >= 0.3 is 0 Å². The number of ether oxygens (including phenoxy) is 1. The highest BCUT2D eigenvalue weighted by atomic mass is 16.5. The van der Waals surface area contributed by atoms with E-state index in [9.17, 15) is 4.79 Å². The summed E-state index contributed by atoms with van der Waals surface area (Å²) in [6, 6.07) is 7.78. The monoisotopic (exact) mass is 327 g/mol. The predicted molar refractivity (Wildman–Crippen MR) is 96.0 cm³/mol. The van der Waals surface area contributed by atoms with Crippen LogP contribution in [0.25, 0.3) is 10.9 Å². The van der Waals surface area contributed by atoms with Gasteiger partial charge in [-0.1, -0.05) is 19.9 Å². The number of rotatable bonds is 4. The lowest BCUT2D eigenvalue weighted by molar-refractivity contribution is -0.135. The Morgan fingerprint density at radius 1 is 1.46 bits per heavy atom. The van der Waals surface area contributed by atoms with E-state index in [-0.39, 0.29) is 17.9 Å². The van der Waals surface area contributed by atoms with Crippen molar-refractivity contribution < 1.29 is 9.53 Å². The maximum Gasteiger partial charge on any atom is 0.225 e. The Balaban J connectivity index is 1.80. The van der Waals surface area contributed by atoms with E-state index >= 15 is 0 Å². The van der Waals surface area contributed by atoms with E-state index in [1.807, 2.05) is 49.9 Å². The van der Waals surface area contributed by atoms with Crippen LogP contribution >= 0.6 is 0 Å². The standard InChI is InChI=1S/C19H25N3O2/c1-12(2)19(23)22-9-5-6-14(22)11-24-17-8-4-7-16-18(17)15(20)10-13(3)21-16/h4,7-8,10,12,14H,5-6,9,11H2,1-3H3,(H2,20,21)/t14-/m0/s1. The average Bonchev–Trinajstić information content (AvgIpc) is 2.99. The van der Waals surface area contributed by atoms with Gasteiger partial charge in [-0.3, -0.25) is 9.78 Å². The topological polar surface area (TPSA) is 68.5 Å². The van der Waals surface area contributed by atoms with Crippen molar-refractivity contribution in [2.45, 2.75) is 39.7 Å². The summed E-state index contributed by atoms with van der Waals surface area (Å²) in [5.74, 6) is 0.961. The second-order valence-electron chi connectivity index (χ2n) is 6.80. The van der Waals surface area contributed by atoms with Crippen LogP contribution in [0.3, 0.4) is 0 Å². The number of aryl methyl sites for hydroxylation is 1. The van der Waals surface area contributed by atoms with Gasteiger partial charge in [-0.2, -0.15) is 0 Å². The second kappa shape index (κ2) is 6.67. The molecule has 1 aliphatic rings. The maximum absolute atomic E-state index is 12.3. The third-order valence-electron chi connectivity index (χ3n) is 4.54. The van der Waals surface area contributed by atoms with Crippen LogP contribution in [0.15, 0.2) is 24.3 Å². The number of carbonyl (C=O) groups is 1. The molecule has 0 aliphatic carbocycles. The van der Waals surface area contributed by atoms with Crippen LogP contribution in [0.2, 0.25) is 0 Å². The van der Waals surface area contributed by atoms with Crippen molar-refractivity contribution in [3.63, 3.8) is 0 Å². The number of anilines is 1. The molecule has 5 nitrogen and oxygen atoms in total. The molecular formula is C19H25N3O2. The van der Waals surface area contributed by atoms with Crippen LogP contribution in [-0.2, 0) is 4.79 Å². The molecule has 0 saturated carbocycles. The molecule has 1 amide bonds. The normalized spacial score (nSPS) is 17.7. The Bertz CT molecular complexity index is 758. The van der Waals surface area contributed by atoms with E-state index in [2.05, 4.69) is 4.98 Å². The van der Waals surface area contributed by atoms with Crippen LogP contribution in [0.1, 0.15) is 32.4 Å². The summed E-state index contributed by atoms with van der Waals surface area (Å²) < 4.78 is 6.07. The van der Waals surface area contributed by atoms with Gasteiger partial charge in [0.2, 0.25) is 5.91 Å². The van der Waals surface area contributed by atoms with E-state index in [4.69, 9.17) is 10.5 Å². The number of carbonyl (C=O) groups excluding carboxylic acids is 1. The van der Waals surface area contributed by atoms with E-state index in [0.717, 1.165) is 41.7 Å². The Morgan fingerprint density at radius 2 is 2.25 bits per heavy atom. The maximum atomic E-state index is 12.3. The minimum atomic E-state index is 0.0194. The summed E-state index contributed by atoms with van der Waals surface area (Å²) in [5, 5.41) is 0.850. The van der Waals surface area contributed by atoms with Gasteiger partial charge < -0.3 is 15.4 Å². The Hall–Kier alpha value is -2.30. The van der Waals surface area contributed by atoms with Gasteiger partial charge in [-0.05, 0) is 38.0 Å². The number of likely N-dealkylation sites (tertiary alicyclic amines) is 1. The van der Waals surface area contributed by atoms with Gasteiger partial charge in [0, 0.05) is 23.8 Å². The summed E-state index contributed by atoms with van der Waals surface area (Å²) in [6.07, 6.45) is 2.01. The smallest absolute Gasteiger partial charge is 0.225 e. The number of nitrogens with zero attached hydrogens (tertiary/aromatic N) is 2. The first-order valence-corrected chi connectivity index (χ1v) is 8.56. The molecule has 0 bridgehead atoms. The summed E-state index contributed by atoms with van der Waals surface area (Å²) >= 11 is 0. The van der Waals surface area contributed by atoms with E-state index < -0.39 is 0 Å². The van der Waals surface area contributed by atoms with Crippen LogP contribution in [0.5, 0.6) is 5.75 Å². The zero-order chi connectivity index (χ0) is 17.3. The van der Waals surface area contributed by atoms with Crippen molar-refractivity contribution >= 4 is 22.5 Å². The molecule has 2 N–H and O–H groups in total. The minimum Gasteiger partial charge on any atom is -0.491 e. The van der Waals surface area contributed by atoms with Crippen molar-refractivity contribution in [1.82, 2.24) is 9.88 Å². The van der Waals surface area contributed by atoms with Crippen molar-refractivity contribution in [1.29, 1.82) is 0 Å². The largest absolute Gasteiger partial charge is 0.491 e. The lowest BCUT2D eigenvalue weighted by Crippen LogP contribution is -2.41. The number of amides is 1. The van der Waals surface area contributed by atoms with E-state index in [1.165, 1.54) is 0 Å². The molecule has 0 radical (unpaired) electrons. The fourth-order valence-electron chi connectivity index (χ4n) is 3.36. The highest BCUT2D eigenvalue weighted by molar-refractivity contribution is 5.95. The number of hydrogen-bond donors (Lipinski definition) is 1. The molecule has 1 aromatic heterocycles. The van der Waals surface area contributed by atoms with Gasteiger partial charge in [-0.25, -0.2) is 0 Å². The number of nitrogen functional groups attached to an aromatic ring is 1. The number of nitrogens with two attached hydrogens (primary N) is 1. The molecule has 24 heavy (non-hydrogen) atoms. The number of pyridine rings is 1. The van der Waals surface area contributed by atoms with Gasteiger partial charge in [0.25, 0.3) is 0 Å². The number of aromatic nitrogens is 1. The Morgan fingerprint density at radius 3 is 3.00 bits per heavy atom. The average molecular weight is 327 g/mol. The highest BCUT2D eigenvalue weighted by Gasteiger charge is 2.30. The van der Waals surface area contributed by atoms with Crippen LogP contribution in [0, 0.1) is 12.8 Å². The molecular weight excluding hydrogens is 302 g/mol. The zero-order valence-corrected chi connectivity index (χ0v) is 14.6. The van der Waals surface area contributed by atoms with Crippen molar-refractivity contribution in [3.8, 4) is 5.75 Å². The third-order valence-corrected chi connectivity index (χ3v) is 4.54. The number of hydrogen-bond acceptors (Lipinski definition) is 4. The van der Waals surface area contributed by atoms with Gasteiger partial charge in [0.1, 0.15) is 12.4 Å². The molecule has 3 rings (SSSR count). The van der Waals surface area contributed by atoms with Gasteiger partial charge in [0.15, 0.2) is 0 Å². The zero-order valence-electron chi connectivity index (χ0n) is 14.6. The summed E-state index contributed by atoms with van der Waals surface area (Å²) in [5.41, 5.74) is 8.58. The molecule has 1 fully saturated rings. The Kier molecular flexibility index (Phi) is 4.60. The molecule has 0 unspecified atom stereocenters. The summed E-state index contributed by atoms with van der Waals surface area (Å²) in [4.78, 5) is 18.8. The quantitative estimate of drug-likeness (QED) is 0.936. The molecule has 5 heteroatoms. The van der Waals surface area contributed by atoms with Crippen molar-refractivity contribution in [2.75, 3.05) is 18.9 Å². The second-order valence-corrected chi connectivity index (χ2v) is 6.80. The minimum absolute atomic E-state index is 0.0194. The lowest BCUT2D eigenvalue weighted by Gasteiger charge is -2.26. The van der Waals surface area contributed by atoms with Crippen LogP contribution < -0.4 is 10.5 Å². The van der Waals surface area contributed by atoms with Gasteiger partial charge in [0.05, 0.1) is 16.9 Å². The summed E-state index contributed by atoms with van der Waals surface area (Å²) in [7, 11) is 0. The molecule has 1 atom stereocenters. The third kappa shape index (κ3) is 3.16. The van der Waals surface area contributed by atoms with E-state index in [1.54, 1.807) is 0 Å². The van der Waals surface area contributed by atoms with Crippen molar-refractivity contribution in [2.24, 2.45) is 5.92 Å². The fourth-order valence-corrected chi connectivity index (χ4v) is 3.36. The molecule has 1 saturated heterocycles. The first kappa shape index (κ1) is 16.6. The molecule has 128 valence electrons. The summed E-state index contributed by atoms with van der Waals surface area (Å²) in [6.45, 7) is 7.13. The van der Waals surface area contributed by atoms with Crippen LogP contribution in [-0.4, -0.2) is 35.0 Å². The molecule has 0 spiro atoms. The van der Waals surface area contributed by atoms with E-state index in [0.29, 0.717) is 12.3 Å². The fraction of sp³-hybridized carbons (Fsp3) is 0.474. The molecule has 1 aromatic carbocycles. The first-order chi connectivity index (χ1) is 11.5. The first-order valence-electron chi connectivity index (χ1n) is 8.56.